The molecule has 104 valence electrons. The minimum absolute atomic E-state index is 0.321. The highest BCUT2D eigenvalue weighted by Crippen LogP contribution is 2.11. The van der Waals surface area contributed by atoms with E-state index in [4.69, 9.17) is 10.2 Å². The Hall–Kier alpha value is -1.60. The fourth-order valence-corrected chi connectivity index (χ4v) is 1.61. The van der Waals surface area contributed by atoms with Crippen LogP contribution in [-0.2, 0) is 11.3 Å². The highest BCUT2D eigenvalue weighted by atomic mass is 79.9. The molecule has 0 aromatic heterocycles. The summed E-state index contributed by atoms with van der Waals surface area (Å²) >= 11 is 3.32. The Bertz CT molecular complexity index is 450. The molecule has 0 aliphatic carbocycles. The molecule has 0 aliphatic rings. The van der Waals surface area contributed by atoms with Gasteiger partial charge in [0.15, 0.2) is 6.10 Å². The third kappa shape index (κ3) is 5.27. The lowest BCUT2D eigenvalue weighted by Gasteiger charge is -2.18. The van der Waals surface area contributed by atoms with Gasteiger partial charge in [0.2, 0.25) is 0 Å². The van der Waals surface area contributed by atoms with E-state index >= 15 is 0 Å². The number of aliphatic carboxylic acids is 1. The largest absolute Gasteiger partial charge is 0.479 e. The van der Waals surface area contributed by atoms with E-state index in [0.29, 0.717) is 6.54 Å². The standard InChI is InChI=1S/C12H15BrN2O4/c1-15(7-8-2-4-9(13)5-3-8)12(19)14-6-10(16)11(17)18/h2-5,10,16H,6-7H2,1H3,(H,14,19)(H,17,18)/t10-/m0/s1. The maximum Gasteiger partial charge on any atom is 0.334 e. The fraction of sp³-hybridized carbons (Fsp3) is 0.333. The van der Waals surface area contributed by atoms with Crippen molar-refractivity contribution < 1.29 is 19.8 Å². The number of nitrogens with one attached hydrogen (secondary N) is 1. The van der Waals surface area contributed by atoms with Crippen molar-refractivity contribution in [2.75, 3.05) is 13.6 Å². The van der Waals surface area contributed by atoms with Gasteiger partial charge in [-0.15, -0.1) is 0 Å². The zero-order valence-corrected chi connectivity index (χ0v) is 11.9. The second-order valence-electron chi connectivity index (χ2n) is 4.02. The van der Waals surface area contributed by atoms with Crippen LogP contribution >= 0.6 is 15.9 Å². The third-order valence-electron chi connectivity index (χ3n) is 2.41. The molecule has 0 fully saturated rings. The zero-order chi connectivity index (χ0) is 14.4. The van der Waals surface area contributed by atoms with Crippen LogP contribution in [0.1, 0.15) is 5.56 Å². The van der Waals surface area contributed by atoms with Crippen LogP contribution in [0.4, 0.5) is 4.79 Å². The van der Waals surface area contributed by atoms with E-state index in [9.17, 15) is 9.59 Å². The number of benzene rings is 1. The molecule has 1 aromatic rings. The van der Waals surface area contributed by atoms with E-state index in [1.165, 1.54) is 4.90 Å². The van der Waals surface area contributed by atoms with Gasteiger partial charge in [-0.3, -0.25) is 0 Å². The Morgan fingerprint density at radius 1 is 1.37 bits per heavy atom. The van der Waals surface area contributed by atoms with E-state index in [-0.39, 0.29) is 6.54 Å². The summed E-state index contributed by atoms with van der Waals surface area (Å²) in [5.41, 5.74) is 0.944. The highest BCUT2D eigenvalue weighted by molar-refractivity contribution is 9.10. The van der Waals surface area contributed by atoms with Crippen LogP contribution in [0.15, 0.2) is 28.7 Å². The van der Waals surface area contributed by atoms with Crippen molar-refractivity contribution >= 4 is 27.9 Å². The number of carboxylic acids is 1. The van der Waals surface area contributed by atoms with Crippen LogP contribution in [-0.4, -0.2) is 46.8 Å². The van der Waals surface area contributed by atoms with Crippen LogP contribution in [0.25, 0.3) is 0 Å². The number of urea groups is 1. The molecule has 0 radical (unpaired) electrons. The van der Waals surface area contributed by atoms with Gasteiger partial charge in [0.05, 0.1) is 6.54 Å². The highest BCUT2D eigenvalue weighted by Gasteiger charge is 2.15. The van der Waals surface area contributed by atoms with Crippen LogP contribution in [0, 0.1) is 0 Å². The number of nitrogens with zero attached hydrogens (tertiary/aromatic N) is 1. The number of aliphatic hydroxyl groups excluding tert-OH is 1. The summed E-state index contributed by atoms with van der Waals surface area (Å²) in [7, 11) is 1.59. The quantitative estimate of drug-likeness (QED) is 0.752. The maximum absolute atomic E-state index is 11.6. The van der Waals surface area contributed by atoms with Gasteiger partial charge in [-0.1, -0.05) is 28.1 Å². The second kappa shape index (κ2) is 7.10. The first-order chi connectivity index (χ1) is 8.90. The van der Waals surface area contributed by atoms with Gasteiger partial charge in [-0.05, 0) is 17.7 Å². The van der Waals surface area contributed by atoms with Gasteiger partial charge in [0.1, 0.15) is 0 Å². The van der Waals surface area contributed by atoms with Crippen molar-refractivity contribution in [1.29, 1.82) is 0 Å². The molecule has 0 unspecified atom stereocenters. The Kier molecular flexibility index (Phi) is 5.78. The van der Waals surface area contributed by atoms with Crippen molar-refractivity contribution in [2.24, 2.45) is 0 Å². The summed E-state index contributed by atoms with van der Waals surface area (Å²) in [5, 5.41) is 19.9. The molecule has 3 N–H and O–H groups in total. The van der Waals surface area contributed by atoms with Gasteiger partial charge in [0, 0.05) is 18.1 Å². The average molecular weight is 331 g/mol. The lowest BCUT2D eigenvalue weighted by atomic mass is 10.2. The summed E-state index contributed by atoms with van der Waals surface area (Å²) in [5.74, 6) is -1.36. The Morgan fingerprint density at radius 3 is 2.47 bits per heavy atom. The number of carboxylic acid groups (broad SMARTS) is 1. The van der Waals surface area contributed by atoms with Crippen molar-refractivity contribution in [3.05, 3.63) is 34.3 Å². The molecular weight excluding hydrogens is 316 g/mol. The smallest absolute Gasteiger partial charge is 0.334 e. The lowest BCUT2D eigenvalue weighted by Crippen LogP contribution is -2.42. The Balaban J connectivity index is 2.44. The molecule has 19 heavy (non-hydrogen) atoms. The molecule has 7 heteroatoms. The predicted molar refractivity (Wildman–Crippen MR) is 72.7 cm³/mol. The molecule has 0 spiro atoms. The first-order valence-corrected chi connectivity index (χ1v) is 6.33. The zero-order valence-electron chi connectivity index (χ0n) is 10.3. The topological polar surface area (TPSA) is 89.9 Å². The van der Waals surface area contributed by atoms with Gasteiger partial charge in [-0.25, -0.2) is 9.59 Å². The number of rotatable bonds is 5. The van der Waals surface area contributed by atoms with Crippen molar-refractivity contribution in [1.82, 2.24) is 10.2 Å². The summed E-state index contributed by atoms with van der Waals surface area (Å²) in [6.07, 6.45) is -1.59. The molecule has 0 saturated carbocycles. The molecule has 1 atom stereocenters. The number of hydrogen-bond donors (Lipinski definition) is 3. The Morgan fingerprint density at radius 2 is 1.95 bits per heavy atom. The number of carbonyl (C=O) groups excluding carboxylic acids is 1. The molecule has 6 nitrogen and oxygen atoms in total. The Labute approximate surface area is 119 Å². The maximum atomic E-state index is 11.6. The van der Waals surface area contributed by atoms with Crippen LogP contribution in [0.3, 0.4) is 0 Å². The normalized spacial score (nSPS) is 11.7. The van der Waals surface area contributed by atoms with Crippen molar-refractivity contribution in [3.8, 4) is 0 Å². The van der Waals surface area contributed by atoms with Crippen molar-refractivity contribution in [3.63, 3.8) is 0 Å². The SMILES string of the molecule is CN(Cc1ccc(Br)cc1)C(=O)NC[C@H](O)C(=O)O. The van der Waals surface area contributed by atoms with Crippen molar-refractivity contribution in [2.45, 2.75) is 12.6 Å². The van der Waals surface area contributed by atoms with Gasteiger partial charge in [-0.2, -0.15) is 0 Å². The minimum atomic E-state index is -1.59. The summed E-state index contributed by atoms with van der Waals surface area (Å²) in [6.45, 7) is 0.0706. The van der Waals surface area contributed by atoms with Crippen LogP contribution in [0.5, 0.6) is 0 Å². The molecule has 0 bridgehead atoms. The molecule has 0 saturated heterocycles. The molecule has 2 amide bonds. The number of carbonyl (C=O) groups is 2. The average Bonchev–Trinajstić information content (AvgIpc) is 2.37. The van der Waals surface area contributed by atoms with E-state index in [2.05, 4.69) is 21.2 Å². The first-order valence-electron chi connectivity index (χ1n) is 5.54. The monoisotopic (exact) mass is 330 g/mol. The third-order valence-corrected chi connectivity index (χ3v) is 2.94. The molecule has 1 rings (SSSR count). The predicted octanol–water partition coefficient (Wildman–Crippen LogP) is 1.04. The number of amides is 2. The fourth-order valence-electron chi connectivity index (χ4n) is 1.34. The van der Waals surface area contributed by atoms with Gasteiger partial charge >= 0.3 is 12.0 Å². The van der Waals surface area contributed by atoms with E-state index in [1.54, 1.807) is 7.05 Å². The first kappa shape index (κ1) is 15.5. The summed E-state index contributed by atoms with van der Waals surface area (Å²) in [6, 6.07) is 7.05. The van der Waals surface area contributed by atoms with Crippen LogP contribution < -0.4 is 5.32 Å². The minimum Gasteiger partial charge on any atom is -0.479 e. The number of aliphatic hydroxyl groups is 1. The molecule has 0 aliphatic heterocycles. The number of halogens is 1. The van der Waals surface area contributed by atoms with E-state index < -0.39 is 18.1 Å². The molecule has 0 heterocycles. The number of hydrogen-bond acceptors (Lipinski definition) is 3. The summed E-state index contributed by atoms with van der Waals surface area (Å²) in [4.78, 5) is 23.4. The van der Waals surface area contributed by atoms with Gasteiger partial charge in [0.25, 0.3) is 0 Å². The van der Waals surface area contributed by atoms with E-state index in [0.717, 1.165) is 10.0 Å². The summed E-state index contributed by atoms with van der Waals surface area (Å²) < 4.78 is 0.952. The second-order valence-corrected chi connectivity index (χ2v) is 4.94. The van der Waals surface area contributed by atoms with Gasteiger partial charge < -0.3 is 20.4 Å². The van der Waals surface area contributed by atoms with E-state index in [1.807, 2.05) is 24.3 Å². The lowest BCUT2D eigenvalue weighted by molar-refractivity contribution is -0.146. The van der Waals surface area contributed by atoms with Crippen LogP contribution in [0.2, 0.25) is 0 Å². The molecular formula is C12H15BrN2O4. The molecule has 1 aromatic carbocycles.